The summed E-state index contributed by atoms with van der Waals surface area (Å²) in [5.41, 5.74) is 3.69. The number of likely N-dealkylation sites (tertiary alicyclic amines) is 1. The fourth-order valence-electron chi connectivity index (χ4n) is 5.08. The number of aromatic amines is 1. The standard InChI is InChI=1S/C26H27N3O4/c1-16-13-17(2)24-21(30)15-26(33-22(24)14-16)9-11-29(12-10-26)23(31)8-7-20-25(32)28-19-6-4-3-5-18(19)27-20/h3-6,13-14H,7-12,15H2,1-2H3,(H,28,32). The second-order valence-corrected chi connectivity index (χ2v) is 9.25. The summed E-state index contributed by atoms with van der Waals surface area (Å²) in [5.74, 6) is 0.786. The third kappa shape index (κ3) is 4.03. The molecule has 0 radical (unpaired) electrons. The van der Waals surface area contributed by atoms with Gasteiger partial charge in [-0.05, 0) is 43.2 Å². The lowest BCUT2D eigenvalue weighted by Gasteiger charge is -2.44. The maximum atomic E-state index is 12.9. The van der Waals surface area contributed by atoms with Gasteiger partial charge in [-0.3, -0.25) is 14.4 Å². The number of nitrogens with one attached hydrogen (secondary N) is 1. The molecule has 3 heterocycles. The van der Waals surface area contributed by atoms with Crippen LogP contribution in [0.4, 0.5) is 0 Å². The number of nitrogens with zero attached hydrogens (tertiary/aromatic N) is 2. The number of Topliss-reactive ketones (excluding diaryl/α,β-unsaturated/α-hetero) is 1. The van der Waals surface area contributed by atoms with Gasteiger partial charge in [0.15, 0.2) is 5.78 Å². The lowest BCUT2D eigenvalue weighted by atomic mass is 9.81. The highest BCUT2D eigenvalue weighted by molar-refractivity contribution is 6.01. The number of fused-ring (bicyclic) bond motifs is 2. The van der Waals surface area contributed by atoms with E-state index < -0.39 is 5.60 Å². The van der Waals surface area contributed by atoms with Crippen molar-refractivity contribution in [3.05, 3.63) is 69.1 Å². The molecule has 1 fully saturated rings. The van der Waals surface area contributed by atoms with E-state index in [1.165, 1.54) is 0 Å². The summed E-state index contributed by atoms with van der Waals surface area (Å²) in [4.78, 5) is 47.1. The molecule has 2 aliphatic heterocycles. The van der Waals surface area contributed by atoms with Gasteiger partial charge in [-0.1, -0.05) is 18.2 Å². The first-order chi connectivity index (χ1) is 15.8. The molecule has 0 saturated carbocycles. The van der Waals surface area contributed by atoms with Gasteiger partial charge in [0.1, 0.15) is 17.0 Å². The SMILES string of the molecule is Cc1cc(C)c2c(c1)OC1(CCN(C(=O)CCc3nc4ccccc4[nH]c3=O)CC1)CC2=O. The van der Waals surface area contributed by atoms with Gasteiger partial charge in [-0.2, -0.15) is 0 Å². The van der Waals surface area contributed by atoms with E-state index in [-0.39, 0.29) is 23.7 Å². The van der Waals surface area contributed by atoms with Gasteiger partial charge >= 0.3 is 0 Å². The van der Waals surface area contributed by atoms with E-state index in [9.17, 15) is 14.4 Å². The Kier molecular flexibility index (Phi) is 5.27. The number of hydrogen-bond acceptors (Lipinski definition) is 5. The number of piperidine rings is 1. The van der Waals surface area contributed by atoms with Crippen LogP contribution in [0.15, 0.2) is 41.2 Å². The van der Waals surface area contributed by atoms with Crippen molar-refractivity contribution in [2.24, 2.45) is 0 Å². The van der Waals surface area contributed by atoms with E-state index in [0.717, 1.165) is 11.1 Å². The van der Waals surface area contributed by atoms with Gasteiger partial charge in [-0.25, -0.2) is 4.98 Å². The summed E-state index contributed by atoms with van der Waals surface area (Å²) in [6.07, 6.45) is 2.10. The molecule has 33 heavy (non-hydrogen) atoms. The molecular formula is C26H27N3O4. The summed E-state index contributed by atoms with van der Waals surface area (Å²) < 4.78 is 6.39. The predicted octanol–water partition coefficient (Wildman–Crippen LogP) is 3.50. The number of carbonyl (C=O) groups excluding carboxylic acids is 2. The Morgan fingerprint density at radius 1 is 1.15 bits per heavy atom. The number of rotatable bonds is 3. The van der Waals surface area contributed by atoms with Crippen molar-refractivity contribution < 1.29 is 14.3 Å². The van der Waals surface area contributed by atoms with Crippen LogP contribution in [0.3, 0.4) is 0 Å². The van der Waals surface area contributed by atoms with Crippen molar-refractivity contribution in [1.29, 1.82) is 0 Å². The molecule has 0 unspecified atom stereocenters. The van der Waals surface area contributed by atoms with Crippen LogP contribution in [0.25, 0.3) is 11.0 Å². The molecule has 1 saturated heterocycles. The van der Waals surface area contributed by atoms with Crippen LogP contribution in [0.2, 0.25) is 0 Å². The number of para-hydroxylation sites is 2. The van der Waals surface area contributed by atoms with E-state index in [2.05, 4.69) is 9.97 Å². The van der Waals surface area contributed by atoms with Crippen LogP contribution in [-0.4, -0.2) is 45.2 Å². The molecule has 1 aromatic heterocycles. The Labute approximate surface area is 191 Å². The van der Waals surface area contributed by atoms with Crippen molar-refractivity contribution in [3.63, 3.8) is 0 Å². The van der Waals surface area contributed by atoms with E-state index >= 15 is 0 Å². The Balaban J connectivity index is 1.23. The van der Waals surface area contributed by atoms with Gasteiger partial charge in [-0.15, -0.1) is 0 Å². The second-order valence-electron chi connectivity index (χ2n) is 9.25. The summed E-state index contributed by atoms with van der Waals surface area (Å²) in [6, 6.07) is 11.3. The zero-order chi connectivity index (χ0) is 23.2. The van der Waals surface area contributed by atoms with E-state index in [1.54, 1.807) is 6.07 Å². The number of aryl methyl sites for hydroxylation is 3. The molecule has 0 aliphatic carbocycles. The highest BCUT2D eigenvalue weighted by Gasteiger charge is 2.44. The van der Waals surface area contributed by atoms with Gasteiger partial charge in [0.25, 0.3) is 5.56 Å². The van der Waals surface area contributed by atoms with E-state index in [1.807, 2.05) is 49.1 Å². The first-order valence-electron chi connectivity index (χ1n) is 11.4. The van der Waals surface area contributed by atoms with E-state index in [4.69, 9.17) is 4.74 Å². The Morgan fingerprint density at radius 2 is 1.91 bits per heavy atom. The third-order valence-electron chi connectivity index (χ3n) is 6.80. The first kappa shape index (κ1) is 21.4. The number of ether oxygens (including phenoxy) is 1. The van der Waals surface area contributed by atoms with Crippen molar-refractivity contribution in [1.82, 2.24) is 14.9 Å². The zero-order valence-corrected chi connectivity index (χ0v) is 18.9. The van der Waals surface area contributed by atoms with Crippen molar-refractivity contribution in [2.45, 2.75) is 51.6 Å². The largest absolute Gasteiger partial charge is 0.486 e. The van der Waals surface area contributed by atoms with Gasteiger partial charge < -0.3 is 14.6 Å². The van der Waals surface area contributed by atoms with Crippen LogP contribution in [0.1, 0.15) is 52.9 Å². The maximum Gasteiger partial charge on any atom is 0.270 e. The fraction of sp³-hybridized carbons (Fsp3) is 0.385. The van der Waals surface area contributed by atoms with Crippen LogP contribution in [0, 0.1) is 13.8 Å². The highest BCUT2D eigenvalue weighted by Crippen LogP contribution is 2.41. The average Bonchev–Trinajstić information content (AvgIpc) is 2.77. The molecule has 1 spiro atoms. The van der Waals surface area contributed by atoms with Gasteiger partial charge in [0, 0.05) is 38.8 Å². The zero-order valence-electron chi connectivity index (χ0n) is 18.9. The summed E-state index contributed by atoms with van der Waals surface area (Å²) in [6.45, 7) is 5.02. The number of benzene rings is 2. The second kappa shape index (κ2) is 8.14. The molecule has 2 aliphatic rings. The Hall–Kier alpha value is -3.48. The minimum Gasteiger partial charge on any atom is -0.486 e. The Morgan fingerprint density at radius 3 is 2.70 bits per heavy atom. The van der Waals surface area contributed by atoms with Crippen molar-refractivity contribution in [3.8, 4) is 5.75 Å². The highest BCUT2D eigenvalue weighted by atomic mass is 16.5. The monoisotopic (exact) mass is 445 g/mol. The van der Waals surface area contributed by atoms with Gasteiger partial charge in [0.2, 0.25) is 5.91 Å². The number of H-pyrrole nitrogens is 1. The van der Waals surface area contributed by atoms with Crippen LogP contribution < -0.4 is 10.3 Å². The molecule has 1 amide bonds. The quantitative estimate of drug-likeness (QED) is 0.666. The molecule has 1 N–H and O–H groups in total. The molecular weight excluding hydrogens is 418 g/mol. The number of amides is 1. The number of ketones is 1. The fourth-order valence-corrected chi connectivity index (χ4v) is 5.08. The summed E-state index contributed by atoms with van der Waals surface area (Å²) in [7, 11) is 0. The molecule has 7 heteroatoms. The van der Waals surface area contributed by atoms with E-state index in [0.29, 0.717) is 66.8 Å². The molecule has 0 bridgehead atoms. The Bertz CT molecular complexity index is 1320. The number of aromatic nitrogens is 2. The average molecular weight is 446 g/mol. The smallest absolute Gasteiger partial charge is 0.270 e. The lowest BCUT2D eigenvalue weighted by molar-refractivity contribution is -0.134. The number of hydrogen-bond donors (Lipinski definition) is 1. The van der Waals surface area contributed by atoms with Crippen LogP contribution >= 0.6 is 0 Å². The van der Waals surface area contributed by atoms with Crippen molar-refractivity contribution >= 4 is 22.7 Å². The summed E-state index contributed by atoms with van der Waals surface area (Å²) >= 11 is 0. The topological polar surface area (TPSA) is 92.4 Å². The van der Waals surface area contributed by atoms with Crippen LogP contribution in [-0.2, 0) is 11.2 Å². The molecule has 3 aromatic rings. The van der Waals surface area contributed by atoms with Crippen LogP contribution in [0.5, 0.6) is 5.75 Å². The minimum atomic E-state index is -0.544. The number of carbonyl (C=O) groups is 2. The first-order valence-corrected chi connectivity index (χ1v) is 11.4. The predicted molar refractivity (Wildman–Crippen MR) is 125 cm³/mol. The molecule has 7 nitrogen and oxygen atoms in total. The molecule has 2 aromatic carbocycles. The molecule has 170 valence electrons. The lowest BCUT2D eigenvalue weighted by Crippen LogP contribution is -2.52. The molecule has 5 rings (SSSR count). The van der Waals surface area contributed by atoms with Crippen molar-refractivity contribution in [2.75, 3.05) is 13.1 Å². The minimum absolute atomic E-state index is 0.00608. The normalized spacial score (nSPS) is 17.2. The summed E-state index contributed by atoms with van der Waals surface area (Å²) in [5, 5.41) is 0. The van der Waals surface area contributed by atoms with Gasteiger partial charge in [0.05, 0.1) is 23.0 Å². The molecule has 0 atom stereocenters. The maximum absolute atomic E-state index is 12.9. The third-order valence-corrected chi connectivity index (χ3v) is 6.80.